The van der Waals surface area contributed by atoms with E-state index in [0.29, 0.717) is 5.92 Å². The quantitative estimate of drug-likeness (QED) is 0.560. The zero-order valence-electron chi connectivity index (χ0n) is 8.66. The predicted molar refractivity (Wildman–Crippen MR) is 68.1 cm³/mol. The van der Waals surface area contributed by atoms with Crippen molar-refractivity contribution in [2.75, 3.05) is 0 Å². The highest BCUT2D eigenvalue weighted by Crippen LogP contribution is 2.48. The molecule has 1 aromatic heterocycles. The summed E-state index contributed by atoms with van der Waals surface area (Å²) < 4.78 is 1.39. The van der Waals surface area contributed by atoms with Crippen molar-refractivity contribution in [3.63, 3.8) is 0 Å². The van der Waals surface area contributed by atoms with Gasteiger partial charge in [0, 0.05) is 9.58 Å². The number of hydrogen-bond acceptors (Lipinski definition) is 1. The number of hydrogen-bond donors (Lipinski definition) is 0. The highest BCUT2D eigenvalue weighted by atomic mass is 35.5. The standard InChI is InChI=1S/C13H13ClS/c1-8-6-7-10(14)13-12(8)9-4-2-3-5-11(9)15-13/h2-5,8,10H,6-7H2,1H3. The number of benzene rings is 1. The molecule has 0 N–H and O–H groups in total. The van der Waals surface area contributed by atoms with Crippen LogP contribution in [-0.2, 0) is 0 Å². The predicted octanol–water partition coefficient (Wildman–Crippen LogP) is 5.08. The zero-order chi connectivity index (χ0) is 10.4. The Morgan fingerprint density at radius 1 is 1.27 bits per heavy atom. The molecule has 2 unspecified atom stereocenters. The Hall–Kier alpha value is -0.530. The molecule has 0 fully saturated rings. The van der Waals surface area contributed by atoms with Crippen LogP contribution in [0.25, 0.3) is 10.1 Å². The third-order valence-electron chi connectivity index (χ3n) is 3.29. The summed E-state index contributed by atoms with van der Waals surface area (Å²) in [5.41, 5.74) is 1.52. The molecule has 0 saturated heterocycles. The van der Waals surface area contributed by atoms with Crippen molar-refractivity contribution in [1.29, 1.82) is 0 Å². The molecule has 1 aliphatic rings. The Bertz CT molecular complexity index is 500. The van der Waals surface area contributed by atoms with Crippen molar-refractivity contribution < 1.29 is 0 Å². The minimum Gasteiger partial charge on any atom is -0.138 e. The highest BCUT2D eigenvalue weighted by molar-refractivity contribution is 7.19. The number of thiophene rings is 1. The minimum absolute atomic E-state index is 0.244. The van der Waals surface area contributed by atoms with Gasteiger partial charge in [-0.3, -0.25) is 0 Å². The van der Waals surface area contributed by atoms with Crippen molar-refractivity contribution >= 4 is 33.0 Å². The maximum Gasteiger partial charge on any atom is 0.0682 e. The molecular formula is C13H13ClS. The van der Waals surface area contributed by atoms with E-state index in [9.17, 15) is 0 Å². The first-order chi connectivity index (χ1) is 7.27. The van der Waals surface area contributed by atoms with E-state index >= 15 is 0 Å². The third-order valence-corrected chi connectivity index (χ3v) is 5.16. The topological polar surface area (TPSA) is 0 Å². The molecule has 2 heteroatoms. The van der Waals surface area contributed by atoms with Crippen LogP contribution in [0.4, 0.5) is 0 Å². The van der Waals surface area contributed by atoms with Gasteiger partial charge in [0.25, 0.3) is 0 Å². The monoisotopic (exact) mass is 236 g/mol. The van der Waals surface area contributed by atoms with Crippen molar-refractivity contribution in [3.8, 4) is 0 Å². The number of halogens is 1. The van der Waals surface area contributed by atoms with E-state index in [4.69, 9.17) is 11.6 Å². The highest BCUT2D eigenvalue weighted by Gasteiger charge is 2.27. The van der Waals surface area contributed by atoms with Gasteiger partial charge >= 0.3 is 0 Å². The SMILES string of the molecule is CC1CCC(Cl)c2sc3ccccc3c21. The van der Waals surface area contributed by atoms with Gasteiger partial charge in [0.05, 0.1) is 5.38 Å². The average molecular weight is 237 g/mol. The number of rotatable bonds is 0. The first-order valence-corrected chi connectivity index (χ1v) is 6.68. The molecule has 0 saturated carbocycles. The fourth-order valence-electron chi connectivity index (χ4n) is 2.50. The van der Waals surface area contributed by atoms with Gasteiger partial charge in [-0.1, -0.05) is 25.1 Å². The summed E-state index contributed by atoms with van der Waals surface area (Å²) in [5.74, 6) is 0.672. The van der Waals surface area contributed by atoms with Crippen molar-refractivity contribution in [2.45, 2.75) is 31.1 Å². The van der Waals surface area contributed by atoms with Gasteiger partial charge in [0.1, 0.15) is 0 Å². The van der Waals surface area contributed by atoms with E-state index in [1.165, 1.54) is 26.9 Å². The summed E-state index contributed by atoms with van der Waals surface area (Å²) in [6, 6.07) is 8.67. The van der Waals surface area contributed by atoms with Gasteiger partial charge < -0.3 is 0 Å². The molecule has 78 valence electrons. The normalized spacial score (nSPS) is 25.5. The molecule has 0 spiro atoms. The largest absolute Gasteiger partial charge is 0.138 e. The van der Waals surface area contributed by atoms with Crippen LogP contribution in [0.1, 0.15) is 41.5 Å². The lowest BCUT2D eigenvalue weighted by Gasteiger charge is -2.22. The lowest BCUT2D eigenvalue weighted by Crippen LogP contribution is -2.05. The van der Waals surface area contributed by atoms with E-state index < -0.39 is 0 Å². The van der Waals surface area contributed by atoms with E-state index in [-0.39, 0.29) is 5.38 Å². The Kier molecular flexibility index (Phi) is 2.26. The van der Waals surface area contributed by atoms with Crippen LogP contribution in [0.3, 0.4) is 0 Å². The first kappa shape index (κ1) is 9.68. The Morgan fingerprint density at radius 3 is 2.93 bits per heavy atom. The van der Waals surface area contributed by atoms with E-state index in [1.54, 1.807) is 0 Å². The van der Waals surface area contributed by atoms with Crippen LogP contribution in [0.2, 0.25) is 0 Å². The summed E-state index contributed by atoms with van der Waals surface area (Å²) in [7, 11) is 0. The lowest BCUT2D eigenvalue weighted by atomic mass is 9.87. The van der Waals surface area contributed by atoms with Gasteiger partial charge in [0.15, 0.2) is 0 Å². The third kappa shape index (κ3) is 1.41. The molecule has 0 aliphatic heterocycles. The summed E-state index contributed by atoms with van der Waals surface area (Å²) in [6.45, 7) is 2.32. The smallest absolute Gasteiger partial charge is 0.0682 e. The Balaban J connectivity index is 2.34. The summed E-state index contributed by atoms with van der Waals surface area (Å²) >= 11 is 8.27. The fraction of sp³-hybridized carbons (Fsp3) is 0.385. The second-order valence-corrected chi connectivity index (χ2v) is 5.93. The molecule has 1 aromatic carbocycles. The summed E-state index contributed by atoms with van der Waals surface area (Å²) in [6.07, 6.45) is 2.35. The van der Waals surface area contributed by atoms with Crippen LogP contribution >= 0.6 is 22.9 Å². The molecule has 2 aromatic rings. The summed E-state index contributed by atoms with van der Waals surface area (Å²) in [4.78, 5) is 1.41. The van der Waals surface area contributed by atoms with Crippen molar-refractivity contribution in [3.05, 3.63) is 34.7 Å². The van der Waals surface area contributed by atoms with Gasteiger partial charge in [0.2, 0.25) is 0 Å². The maximum atomic E-state index is 6.39. The maximum absolute atomic E-state index is 6.39. The van der Waals surface area contributed by atoms with Crippen LogP contribution in [-0.4, -0.2) is 0 Å². The van der Waals surface area contributed by atoms with Gasteiger partial charge in [-0.2, -0.15) is 0 Å². The lowest BCUT2D eigenvalue weighted by molar-refractivity contribution is 0.590. The molecule has 3 rings (SSSR count). The fourth-order valence-corrected chi connectivity index (χ4v) is 4.21. The molecule has 0 bridgehead atoms. The molecule has 1 heterocycles. The molecule has 1 aliphatic carbocycles. The van der Waals surface area contributed by atoms with E-state index in [0.717, 1.165) is 6.42 Å². The van der Waals surface area contributed by atoms with E-state index in [2.05, 4.69) is 31.2 Å². The first-order valence-electron chi connectivity index (χ1n) is 5.43. The molecule has 2 atom stereocenters. The summed E-state index contributed by atoms with van der Waals surface area (Å²) in [5, 5.41) is 1.67. The van der Waals surface area contributed by atoms with Gasteiger partial charge in [-0.25, -0.2) is 0 Å². The minimum atomic E-state index is 0.244. The average Bonchev–Trinajstić information content (AvgIpc) is 2.64. The Labute approximate surface area is 98.9 Å². The van der Waals surface area contributed by atoms with Crippen LogP contribution < -0.4 is 0 Å². The second kappa shape index (κ2) is 3.50. The van der Waals surface area contributed by atoms with E-state index in [1.807, 2.05) is 11.3 Å². The van der Waals surface area contributed by atoms with Gasteiger partial charge in [-0.15, -0.1) is 22.9 Å². The molecule has 15 heavy (non-hydrogen) atoms. The van der Waals surface area contributed by atoms with Crippen LogP contribution in [0.5, 0.6) is 0 Å². The molecular weight excluding hydrogens is 224 g/mol. The molecule has 0 nitrogen and oxygen atoms in total. The second-order valence-electron chi connectivity index (χ2n) is 4.32. The van der Waals surface area contributed by atoms with Crippen molar-refractivity contribution in [1.82, 2.24) is 0 Å². The number of alkyl halides is 1. The molecule has 0 radical (unpaired) electrons. The van der Waals surface area contributed by atoms with Crippen LogP contribution in [0.15, 0.2) is 24.3 Å². The van der Waals surface area contributed by atoms with Crippen molar-refractivity contribution in [2.24, 2.45) is 0 Å². The zero-order valence-corrected chi connectivity index (χ0v) is 10.2. The van der Waals surface area contributed by atoms with Crippen LogP contribution in [0, 0.1) is 0 Å². The molecule has 0 amide bonds. The Morgan fingerprint density at radius 2 is 2.07 bits per heavy atom. The van der Waals surface area contributed by atoms with Gasteiger partial charge in [-0.05, 0) is 35.8 Å². The number of fused-ring (bicyclic) bond motifs is 3.